The Bertz CT molecular complexity index is 458. The topological polar surface area (TPSA) is 46.2 Å². The van der Waals surface area contributed by atoms with Crippen molar-refractivity contribution in [2.45, 2.75) is 45.1 Å². The van der Waals surface area contributed by atoms with Gasteiger partial charge in [-0.2, -0.15) is 0 Å². The SMILES string of the molecule is CCC1CCC(CN)(C(O)c2ccc(Br)c(Cl)c2)CC1. The number of halogens is 2. The van der Waals surface area contributed by atoms with Gasteiger partial charge in [-0.1, -0.05) is 31.0 Å². The maximum Gasteiger partial charge on any atom is 0.0858 e. The van der Waals surface area contributed by atoms with Crippen LogP contribution in [0.2, 0.25) is 5.02 Å². The monoisotopic (exact) mass is 359 g/mol. The van der Waals surface area contributed by atoms with Crippen molar-refractivity contribution < 1.29 is 5.11 Å². The summed E-state index contributed by atoms with van der Waals surface area (Å²) in [6.45, 7) is 2.77. The first-order chi connectivity index (χ1) is 9.52. The lowest BCUT2D eigenvalue weighted by Crippen LogP contribution is -2.40. The number of rotatable bonds is 4. The number of aliphatic hydroxyl groups excluding tert-OH is 1. The van der Waals surface area contributed by atoms with E-state index in [1.807, 2.05) is 18.2 Å². The van der Waals surface area contributed by atoms with E-state index in [0.717, 1.165) is 41.6 Å². The van der Waals surface area contributed by atoms with Crippen molar-refractivity contribution in [1.29, 1.82) is 0 Å². The van der Waals surface area contributed by atoms with E-state index >= 15 is 0 Å². The second-order valence-electron chi connectivity index (χ2n) is 5.99. The maximum atomic E-state index is 10.8. The molecule has 0 amide bonds. The Morgan fingerprint density at radius 2 is 2.10 bits per heavy atom. The van der Waals surface area contributed by atoms with Gasteiger partial charge in [0.25, 0.3) is 0 Å². The van der Waals surface area contributed by atoms with Gasteiger partial charge in [0, 0.05) is 16.4 Å². The molecule has 1 atom stereocenters. The number of nitrogens with two attached hydrogens (primary N) is 1. The molecule has 1 unspecified atom stereocenters. The molecule has 0 radical (unpaired) electrons. The van der Waals surface area contributed by atoms with E-state index in [0.29, 0.717) is 11.6 Å². The molecule has 0 aliphatic heterocycles. The van der Waals surface area contributed by atoms with Crippen LogP contribution in [-0.4, -0.2) is 11.7 Å². The highest BCUT2D eigenvalue weighted by molar-refractivity contribution is 9.10. The average Bonchev–Trinajstić information content (AvgIpc) is 2.49. The second kappa shape index (κ2) is 6.78. The molecular weight excluding hydrogens is 338 g/mol. The summed E-state index contributed by atoms with van der Waals surface area (Å²) in [5.41, 5.74) is 6.71. The van der Waals surface area contributed by atoms with Crippen LogP contribution >= 0.6 is 27.5 Å². The Morgan fingerprint density at radius 3 is 2.60 bits per heavy atom. The van der Waals surface area contributed by atoms with E-state index in [1.54, 1.807) is 0 Å². The minimum atomic E-state index is -0.532. The van der Waals surface area contributed by atoms with E-state index in [2.05, 4.69) is 22.9 Å². The molecule has 20 heavy (non-hydrogen) atoms. The maximum absolute atomic E-state index is 10.8. The summed E-state index contributed by atoms with van der Waals surface area (Å²) in [5.74, 6) is 0.787. The first-order valence-electron chi connectivity index (χ1n) is 7.35. The van der Waals surface area contributed by atoms with Crippen LogP contribution < -0.4 is 5.73 Å². The summed E-state index contributed by atoms with van der Waals surface area (Å²) < 4.78 is 0.853. The third kappa shape index (κ3) is 3.22. The number of benzene rings is 1. The van der Waals surface area contributed by atoms with Gasteiger partial charge in [0.05, 0.1) is 11.1 Å². The van der Waals surface area contributed by atoms with Crippen molar-refractivity contribution >= 4 is 27.5 Å². The van der Waals surface area contributed by atoms with Gasteiger partial charge in [0.2, 0.25) is 0 Å². The molecule has 0 bridgehead atoms. The molecule has 112 valence electrons. The highest BCUT2D eigenvalue weighted by Crippen LogP contribution is 2.48. The lowest BCUT2D eigenvalue weighted by Gasteiger charge is -2.43. The van der Waals surface area contributed by atoms with Gasteiger partial charge < -0.3 is 10.8 Å². The average molecular weight is 361 g/mol. The molecule has 1 aromatic rings. The van der Waals surface area contributed by atoms with Crippen LogP contribution in [0.4, 0.5) is 0 Å². The van der Waals surface area contributed by atoms with Gasteiger partial charge in [-0.05, 0) is 65.2 Å². The Balaban J connectivity index is 2.20. The zero-order valence-corrected chi connectivity index (χ0v) is 14.3. The second-order valence-corrected chi connectivity index (χ2v) is 7.26. The molecule has 2 rings (SSSR count). The molecule has 1 aliphatic rings. The van der Waals surface area contributed by atoms with Gasteiger partial charge in [-0.15, -0.1) is 0 Å². The van der Waals surface area contributed by atoms with Crippen molar-refractivity contribution in [3.63, 3.8) is 0 Å². The van der Waals surface area contributed by atoms with E-state index in [9.17, 15) is 5.11 Å². The largest absolute Gasteiger partial charge is 0.388 e. The minimum Gasteiger partial charge on any atom is -0.388 e. The summed E-state index contributed by atoms with van der Waals surface area (Å²) in [5, 5.41) is 11.5. The molecule has 2 nitrogen and oxygen atoms in total. The third-order valence-corrected chi connectivity index (χ3v) is 6.16. The van der Waals surface area contributed by atoms with Gasteiger partial charge in [-0.25, -0.2) is 0 Å². The number of hydrogen-bond donors (Lipinski definition) is 2. The highest BCUT2D eigenvalue weighted by Gasteiger charge is 2.40. The summed E-state index contributed by atoms with van der Waals surface area (Å²) in [6, 6.07) is 5.67. The predicted octanol–water partition coefficient (Wildman–Crippen LogP) is 4.68. The quantitative estimate of drug-likeness (QED) is 0.819. The molecule has 1 aliphatic carbocycles. The number of hydrogen-bond acceptors (Lipinski definition) is 2. The van der Waals surface area contributed by atoms with Crippen LogP contribution in [0.25, 0.3) is 0 Å². The summed E-state index contributed by atoms with van der Waals surface area (Å²) in [4.78, 5) is 0. The fourth-order valence-corrected chi connectivity index (χ4v) is 3.72. The summed E-state index contributed by atoms with van der Waals surface area (Å²) in [6.07, 6.45) is 5.01. The Labute approximate surface area is 134 Å². The molecule has 0 saturated heterocycles. The van der Waals surface area contributed by atoms with Gasteiger partial charge in [-0.3, -0.25) is 0 Å². The standard InChI is InChI=1S/C16H23BrClNO/c1-2-11-5-7-16(10-19,8-6-11)15(20)12-3-4-13(17)14(18)9-12/h3-4,9,11,15,20H,2,5-8,10,19H2,1H3. The van der Waals surface area contributed by atoms with Crippen molar-refractivity contribution in [2.75, 3.05) is 6.54 Å². The molecule has 4 heteroatoms. The molecule has 1 fully saturated rings. The van der Waals surface area contributed by atoms with Crippen LogP contribution in [0.5, 0.6) is 0 Å². The molecule has 0 spiro atoms. The minimum absolute atomic E-state index is 0.192. The lowest BCUT2D eigenvalue weighted by molar-refractivity contribution is -0.0103. The summed E-state index contributed by atoms with van der Waals surface area (Å²) in [7, 11) is 0. The fraction of sp³-hybridized carbons (Fsp3) is 0.625. The molecule has 0 heterocycles. The Hall–Kier alpha value is -0.0900. The Morgan fingerprint density at radius 1 is 1.45 bits per heavy atom. The molecule has 0 aromatic heterocycles. The van der Waals surface area contributed by atoms with Crippen LogP contribution in [0.15, 0.2) is 22.7 Å². The van der Waals surface area contributed by atoms with Crippen LogP contribution in [0.1, 0.15) is 50.7 Å². The lowest BCUT2D eigenvalue weighted by atomic mass is 9.65. The zero-order chi connectivity index (χ0) is 14.8. The summed E-state index contributed by atoms with van der Waals surface area (Å²) >= 11 is 9.53. The Kier molecular flexibility index (Phi) is 5.52. The van der Waals surface area contributed by atoms with E-state index in [4.69, 9.17) is 17.3 Å². The normalized spacial score (nSPS) is 28.4. The molecule has 1 saturated carbocycles. The highest BCUT2D eigenvalue weighted by atomic mass is 79.9. The predicted molar refractivity (Wildman–Crippen MR) is 87.8 cm³/mol. The zero-order valence-electron chi connectivity index (χ0n) is 11.9. The smallest absolute Gasteiger partial charge is 0.0858 e. The van der Waals surface area contributed by atoms with Crippen molar-refractivity contribution in [3.8, 4) is 0 Å². The third-order valence-electron chi connectivity index (χ3n) is 4.92. The van der Waals surface area contributed by atoms with Crippen molar-refractivity contribution in [3.05, 3.63) is 33.3 Å². The molecule has 3 N–H and O–H groups in total. The van der Waals surface area contributed by atoms with Crippen molar-refractivity contribution in [2.24, 2.45) is 17.1 Å². The van der Waals surface area contributed by atoms with Crippen LogP contribution in [-0.2, 0) is 0 Å². The molecule has 1 aromatic carbocycles. The van der Waals surface area contributed by atoms with Gasteiger partial charge in [0.15, 0.2) is 0 Å². The van der Waals surface area contributed by atoms with Crippen LogP contribution in [0.3, 0.4) is 0 Å². The van der Waals surface area contributed by atoms with E-state index in [-0.39, 0.29) is 5.41 Å². The van der Waals surface area contributed by atoms with Gasteiger partial charge in [0.1, 0.15) is 0 Å². The first kappa shape index (κ1) is 16.3. The number of aliphatic hydroxyl groups is 1. The van der Waals surface area contributed by atoms with E-state index < -0.39 is 6.10 Å². The fourth-order valence-electron chi connectivity index (χ4n) is 3.29. The van der Waals surface area contributed by atoms with Crippen molar-refractivity contribution in [1.82, 2.24) is 0 Å². The first-order valence-corrected chi connectivity index (χ1v) is 8.52. The molecular formula is C16H23BrClNO. The van der Waals surface area contributed by atoms with Crippen LogP contribution in [0, 0.1) is 11.3 Å². The van der Waals surface area contributed by atoms with E-state index in [1.165, 1.54) is 6.42 Å². The van der Waals surface area contributed by atoms with Gasteiger partial charge >= 0.3 is 0 Å².